The number of fused-ring (bicyclic) bond motifs is 1. The molecule has 3 N–H and O–H groups in total. The molecule has 0 spiro atoms. The molecule has 0 bridgehead atoms. The van der Waals surface area contributed by atoms with Crippen LogP contribution in [0, 0.1) is 6.92 Å². The molecule has 1 aliphatic rings. The van der Waals surface area contributed by atoms with E-state index in [9.17, 15) is 14.4 Å². The summed E-state index contributed by atoms with van der Waals surface area (Å²) in [6, 6.07) is 11.5. The summed E-state index contributed by atoms with van der Waals surface area (Å²) in [6.45, 7) is 1.96. The summed E-state index contributed by atoms with van der Waals surface area (Å²) >= 11 is 0. The average molecular weight is 295 g/mol. The van der Waals surface area contributed by atoms with E-state index in [0.29, 0.717) is 16.9 Å². The van der Waals surface area contributed by atoms with Crippen molar-refractivity contribution in [2.75, 3.05) is 10.6 Å². The maximum atomic E-state index is 11.9. The lowest BCUT2D eigenvalue weighted by molar-refractivity contribution is 0.0879. The number of aryl methyl sites for hydroxylation is 1. The lowest BCUT2D eigenvalue weighted by Gasteiger charge is -2.08. The van der Waals surface area contributed by atoms with Gasteiger partial charge in [0.2, 0.25) is 0 Å². The number of hydrogen-bond acceptors (Lipinski definition) is 3. The zero-order valence-electron chi connectivity index (χ0n) is 11.8. The van der Waals surface area contributed by atoms with Crippen LogP contribution in [0.15, 0.2) is 42.5 Å². The van der Waals surface area contributed by atoms with Gasteiger partial charge in [0, 0.05) is 11.4 Å². The topological polar surface area (TPSA) is 87.3 Å². The van der Waals surface area contributed by atoms with Gasteiger partial charge < -0.3 is 10.6 Å². The predicted molar refractivity (Wildman–Crippen MR) is 82.1 cm³/mol. The minimum Gasteiger partial charge on any atom is -0.308 e. The Balaban J connectivity index is 1.72. The van der Waals surface area contributed by atoms with Crippen molar-refractivity contribution >= 4 is 29.2 Å². The van der Waals surface area contributed by atoms with E-state index >= 15 is 0 Å². The third kappa shape index (κ3) is 2.67. The number of anilines is 2. The van der Waals surface area contributed by atoms with Crippen LogP contribution in [0.4, 0.5) is 16.2 Å². The molecule has 0 atom stereocenters. The number of carbonyl (C=O) groups excluding carboxylic acids is 3. The zero-order chi connectivity index (χ0) is 15.7. The van der Waals surface area contributed by atoms with Gasteiger partial charge in [-0.2, -0.15) is 0 Å². The summed E-state index contributed by atoms with van der Waals surface area (Å²) in [5.41, 5.74) is 2.78. The molecule has 2 aromatic rings. The Morgan fingerprint density at radius 2 is 1.45 bits per heavy atom. The number of nitrogens with one attached hydrogen (secondary N) is 3. The Hall–Kier alpha value is -3.15. The van der Waals surface area contributed by atoms with E-state index in [1.807, 2.05) is 19.1 Å². The smallest absolute Gasteiger partial charge is 0.308 e. The van der Waals surface area contributed by atoms with Gasteiger partial charge in [0.05, 0.1) is 11.1 Å². The second kappa shape index (κ2) is 5.33. The van der Waals surface area contributed by atoms with Crippen LogP contribution in [0.25, 0.3) is 0 Å². The predicted octanol–water partition coefficient (Wildman–Crippen LogP) is 2.52. The van der Waals surface area contributed by atoms with Crippen LogP contribution >= 0.6 is 0 Å². The minimum atomic E-state index is -0.456. The molecule has 1 heterocycles. The highest BCUT2D eigenvalue weighted by Crippen LogP contribution is 2.20. The standard InChI is InChI=1S/C16H13N3O3/c1-9-2-4-10(5-3-9)17-16(22)18-11-6-7-12-13(8-11)15(21)19-14(12)20/h2-8H,1H3,(H2,17,18,22)(H,19,20,21). The number of rotatable bonds is 2. The van der Waals surface area contributed by atoms with Crippen molar-refractivity contribution in [2.45, 2.75) is 6.92 Å². The minimum absolute atomic E-state index is 0.262. The molecular formula is C16H13N3O3. The number of carbonyl (C=O) groups is 3. The number of imide groups is 1. The average Bonchev–Trinajstić information content (AvgIpc) is 2.76. The summed E-state index contributed by atoms with van der Waals surface area (Å²) in [5.74, 6) is -0.877. The van der Waals surface area contributed by atoms with Gasteiger partial charge in [0.15, 0.2) is 0 Å². The summed E-state index contributed by atoms with van der Waals surface area (Å²) in [7, 11) is 0. The quantitative estimate of drug-likeness (QED) is 0.744. The van der Waals surface area contributed by atoms with Crippen LogP contribution < -0.4 is 16.0 Å². The van der Waals surface area contributed by atoms with E-state index in [2.05, 4.69) is 16.0 Å². The molecule has 0 aliphatic carbocycles. The summed E-state index contributed by atoms with van der Waals surface area (Å²) in [6.07, 6.45) is 0. The largest absolute Gasteiger partial charge is 0.323 e. The first-order valence-corrected chi connectivity index (χ1v) is 6.67. The number of hydrogen-bond donors (Lipinski definition) is 3. The first-order valence-electron chi connectivity index (χ1n) is 6.67. The molecule has 6 heteroatoms. The van der Waals surface area contributed by atoms with Gasteiger partial charge in [-0.15, -0.1) is 0 Å². The molecule has 2 aromatic carbocycles. The molecule has 22 heavy (non-hydrogen) atoms. The maximum absolute atomic E-state index is 11.9. The van der Waals surface area contributed by atoms with Crippen molar-refractivity contribution in [3.8, 4) is 0 Å². The number of amides is 4. The Labute approximate surface area is 126 Å². The van der Waals surface area contributed by atoms with Crippen LogP contribution in [-0.4, -0.2) is 17.8 Å². The van der Waals surface area contributed by atoms with Crippen LogP contribution in [0.5, 0.6) is 0 Å². The van der Waals surface area contributed by atoms with Crippen molar-refractivity contribution in [3.63, 3.8) is 0 Å². The van der Waals surface area contributed by atoms with Gasteiger partial charge in [-0.05, 0) is 37.3 Å². The molecule has 6 nitrogen and oxygen atoms in total. The lowest BCUT2D eigenvalue weighted by atomic mass is 10.1. The van der Waals surface area contributed by atoms with Crippen molar-refractivity contribution in [3.05, 3.63) is 59.2 Å². The van der Waals surface area contributed by atoms with E-state index in [4.69, 9.17) is 0 Å². The fourth-order valence-corrected chi connectivity index (χ4v) is 2.18. The molecule has 0 saturated heterocycles. The monoisotopic (exact) mass is 295 g/mol. The summed E-state index contributed by atoms with van der Waals surface area (Å²) in [5, 5.41) is 7.52. The van der Waals surface area contributed by atoms with E-state index in [-0.39, 0.29) is 5.56 Å². The normalized spacial score (nSPS) is 12.6. The van der Waals surface area contributed by atoms with E-state index in [1.54, 1.807) is 18.2 Å². The molecular weight excluding hydrogens is 282 g/mol. The van der Waals surface area contributed by atoms with Crippen molar-refractivity contribution in [1.29, 1.82) is 0 Å². The van der Waals surface area contributed by atoms with Gasteiger partial charge in [0.25, 0.3) is 11.8 Å². The molecule has 0 saturated carbocycles. The zero-order valence-corrected chi connectivity index (χ0v) is 11.8. The first-order chi connectivity index (χ1) is 10.5. The van der Waals surface area contributed by atoms with Gasteiger partial charge >= 0.3 is 6.03 Å². The Kier molecular flexibility index (Phi) is 3.34. The molecule has 0 fully saturated rings. The molecule has 0 aromatic heterocycles. The van der Waals surface area contributed by atoms with Gasteiger partial charge in [-0.3, -0.25) is 14.9 Å². The van der Waals surface area contributed by atoms with Crippen LogP contribution in [0.2, 0.25) is 0 Å². The second-order valence-corrected chi connectivity index (χ2v) is 4.99. The molecule has 4 amide bonds. The Bertz CT molecular complexity index is 782. The van der Waals surface area contributed by atoms with E-state index < -0.39 is 17.8 Å². The SMILES string of the molecule is Cc1ccc(NC(=O)Nc2ccc3c(c2)C(=O)NC3=O)cc1. The van der Waals surface area contributed by atoms with E-state index in [0.717, 1.165) is 5.56 Å². The highest BCUT2D eigenvalue weighted by Gasteiger charge is 2.26. The maximum Gasteiger partial charge on any atom is 0.323 e. The van der Waals surface area contributed by atoms with Gasteiger partial charge in [-0.1, -0.05) is 17.7 Å². The van der Waals surface area contributed by atoms with Crippen LogP contribution in [-0.2, 0) is 0 Å². The van der Waals surface area contributed by atoms with Crippen LogP contribution in [0.1, 0.15) is 26.3 Å². The van der Waals surface area contributed by atoms with Crippen LogP contribution in [0.3, 0.4) is 0 Å². The van der Waals surface area contributed by atoms with E-state index in [1.165, 1.54) is 12.1 Å². The highest BCUT2D eigenvalue weighted by atomic mass is 16.2. The first kappa shape index (κ1) is 13.8. The van der Waals surface area contributed by atoms with Crippen molar-refractivity contribution in [1.82, 2.24) is 5.32 Å². The van der Waals surface area contributed by atoms with Crippen molar-refractivity contribution < 1.29 is 14.4 Å². The Morgan fingerprint density at radius 1 is 0.864 bits per heavy atom. The Morgan fingerprint density at radius 3 is 2.18 bits per heavy atom. The number of benzene rings is 2. The fourth-order valence-electron chi connectivity index (χ4n) is 2.18. The second-order valence-electron chi connectivity index (χ2n) is 4.99. The summed E-state index contributed by atoms with van der Waals surface area (Å²) < 4.78 is 0. The third-order valence-electron chi connectivity index (χ3n) is 3.30. The van der Waals surface area contributed by atoms with Gasteiger partial charge in [-0.25, -0.2) is 4.79 Å². The fraction of sp³-hybridized carbons (Fsp3) is 0.0625. The third-order valence-corrected chi connectivity index (χ3v) is 3.30. The molecule has 1 aliphatic heterocycles. The molecule has 0 radical (unpaired) electrons. The van der Waals surface area contributed by atoms with Gasteiger partial charge in [0.1, 0.15) is 0 Å². The number of urea groups is 1. The molecule has 3 rings (SSSR count). The lowest BCUT2D eigenvalue weighted by Crippen LogP contribution is -2.20. The molecule has 110 valence electrons. The highest BCUT2D eigenvalue weighted by molar-refractivity contribution is 6.22. The van der Waals surface area contributed by atoms with Crippen molar-refractivity contribution in [2.24, 2.45) is 0 Å². The summed E-state index contributed by atoms with van der Waals surface area (Å²) in [4.78, 5) is 34.9. The molecule has 0 unspecified atom stereocenters.